The number of hydrogen-bond acceptors (Lipinski definition) is 4. The summed E-state index contributed by atoms with van der Waals surface area (Å²) >= 11 is 0. The molecule has 0 spiro atoms. The van der Waals surface area contributed by atoms with Crippen LogP contribution in [0.5, 0.6) is 0 Å². The van der Waals surface area contributed by atoms with E-state index in [1.807, 2.05) is 30.9 Å². The number of hydrogen-bond donors (Lipinski definition) is 0. The summed E-state index contributed by atoms with van der Waals surface area (Å²) in [4.78, 5) is 16.9. The molecular weight excluding hydrogens is 321 g/mol. The second-order valence-corrected chi connectivity index (χ2v) is 6.62. The highest BCUT2D eigenvalue weighted by atomic mass is 19.1. The molecule has 0 aliphatic carbocycles. The average molecular weight is 345 g/mol. The summed E-state index contributed by atoms with van der Waals surface area (Å²) in [7, 11) is 0. The first-order valence-electron chi connectivity index (χ1n) is 8.69. The summed E-state index contributed by atoms with van der Waals surface area (Å²) in [6.45, 7) is 7.73. The molecule has 2 heterocycles. The molecule has 1 saturated heterocycles. The Hall–Kier alpha value is -2.21. The van der Waals surface area contributed by atoms with E-state index in [-0.39, 0.29) is 11.7 Å². The molecule has 1 amide bonds. The Morgan fingerprint density at radius 1 is 1.16 bits per heavy atom. The Kier molecular flexibility index (Phi) is 5.48. The van der Waals surface area contributed by atoms with Crippen molar-refractivity contribution in [1.29, 1.82) is 0 Å². The van der Waals surface area contributed by atoms with Crippen LogP contribution in [-0.2, 0) is 17.8 Å². The van der Waals surface area contributed by atoms with Gasteiger partial charge in [0.1, 0.15) is 11.6 Å². The standard InChI is InChI=1S/C19H24FN3O2/c1-14-18(15(2)25-21-14)12-19(24)23-9-3-8-22(10-11-23)13-16-4-6-17(20)7-5-16/h4-7H,3,8-13H2,1-2H3. The lowest BCUT2D eigenvalue weighted by molar-refractivity contribution is -0.130. The molecule has 2 aromatic rings. The number of aromatic nitrogens is 1. The zero-order valence-corrected chi connectivity index (χ0v) is 14.8. The molecule has 134 valence electrons. The molecule has 5 nitrogen and oxygen atoms in total. The minimum atomic E-state index is -0.212. The van der Waals surface area contributed by atoms with Gasteiger partial charge in [-0.3, -0.25) is 9.69 Å². The van der Waals surface area contributed by atoms with Crippen molar-refractivity contribution in [3.8, 4) is 0 Å². The van der Waals surface area contributed by atoms with Crippen molar-refractivity contribution in [3.63, 3.8) is 0 Å². The molecule has 1 aromatic heterocycles. The monoisotopic (exact) mass is 345 g/mol. The molecule has 3 rings (SSSR count). The third kappa shape index (κ3) is 4.45. The molecule has 0 unspecified atom stereocenters. The summed E-state index contributed by atoms with van der Waals surface area (Å²) in [5.41, 5.74) is 2.79. The highest BCUT2D eigenvalue weighted by molar-refractivity contribution is 5.79. The number of halogens is 1. The summed E-state index contributed by atoms with van der Waals surface area (Å²) in [6.07, 6.45) is 1.29. The van der Waals surface area contributed by atoms with E-state index >= 15 is 0 Å². The molecule has 0 radical (unpaired) electrons. The van der Waals surface area contributed by atoms with Gasteiger partial charge in [-0.1, -0.05) is 17.3 Å². The number of benzene rings is 1. The van der Waals surface area contributed by atoms with Crippen LogP contribution in [-0.4, -0.2) is 47.0 Å². The predicted octanol–water partition coefficient (Wildman–Crippen LogP) is 2.71. The van der Waals surface area contributed by atoms with E-state index in [9.17, 15) is 9.18 Å². The van der Waals surface area contributed by atoms with Gasteiger partial charge in [0.05, 0.1) is 12.1 Å². The summed E-state index contributed by atoms with van der Waals surface area (Å²) in [5.74, 6) is 0.632. The number of carbonyl (C=O) groups is 1. The first kappa shape index (κ1) is 17.6. The molecule has 0 atom stereocenters. The smallest absolute Gasteiger partial charge is 0.227 e. The van der Waals surface area contributed by atoms with Gasteiger partial charge in [-0.2, -0.15) is 0 Å². The first-order chi connectivity index (χ1) is 12.0. The van der Waals surface area contributed by atoms with Crippen LogP contribution in [0, 0.1) is 19.7 Å². The highest BCUT2D eigenvalue weighted by Gasteiger charge is 2.21. The Labute approximate surface area is 147 Å². The van der Waals surface area contributed by atoms with E-state index in [0.29, 0.717) is 13.0 Å². The van der Waals surface area contributed by atoms with Crippen LogP contribution >= 0.6 is 0 Å². The molecule has 1 aliphatic rings. The SMILES string of the molecule is Cc1noc(C)c1CC(=O)N1CCCN(Cc2ccc(F)cc2)CC1. The maximum absolute atomic E-state index is 13.0. The van der Waals surface area contributed by atoms with Gasteiger partial charge in [0.25, 0.3) is 0 Å². The molecular formula is C19H24FN3O2. The van der Waals surface area contributed by atoms with Crippen molar-refractivity contribution in [3.05, 3.63) is 52.7 Å². The second-order valence-electron chi connectivity index (χ2n) is 6.62. The van der Waals surface area contributed by atoms with E-state index in [1.165, 1.54) is 12.1 Å². The number of nitrogens with zero attached hydrogens (tertiary/aromatic N) is 3. The Morgan fingerprint density at radius 2 is 1.92 bits per heavy atom. The maximum atomic E-state index is 13.0. The fraction of sp³-hybridized carbons (Fsp3) is 0.474. The molecule has 0 N–H and O–H groups in total. The van der Waals surface area contributed by atoms with Crippen LogP contribution in [0.4, 0.5) is 4.39 Å². The van der Waals surface area contributed by atoms with Gasteiger partial charge in [0.2, 0.25) is 5.91 Å². The molecule has 25 heavy (non-hydrogen) atoms. The van der Waals surface area contributed by atoms with E-state index < -0.39 is 0 Å². The highest BCUT2D eigenvalue weighted by Crippen LogP contribution is 2.15. The van der Waals surface area contributed by atoms with Crippen LogP contribution in [0.1, 0.15) is 29.0 Å². The van der Waals surface area contributed by atoms with Gasteiger partial charge in [0.15, 0.2) is 0 Å². The molecule has 1 aromatic carbocycles. The Balaban J connectivity index is 1.55. The van der Waals surface area contributed by atoms with Gasteiger partial charge in [-0.05, 0) is 38.0 Å². The second kappa shape index (κ2) is 7.78. The van der Waals surface area contributed by atoms with Crippen molar-refractivity contribution in [1.82, 2.24) is 15.0 Å². The summed E-state index contributed by atoms with van der Waals surface area (Å²) in [6, 6.07) is 6.63. The van der Waals surface area contributed by atoms with Crippen molar-refractivity contribution < 1.29 is 13.7 Å². The number of amides is 1. The van der Waals surface area contributed by atoms with Crippen molar-refractivity contribution in [2.75, 3.05) is 26.2 Å². The molecule has 1 fully saturated rings. The van der Waals surface area contributed by atoms with Gasteiger partial charge in [0, 0.05) is 38.3 Å². The third-order valence-corrected chi connectivity index (χ3v) is 4.77. The molecule has 1 aliphatic heterocycles. The van der Waals surface area contributed by atoms with Gasteiger partial charge >= 0.3 is 0 Å². The maximum Gasteiger partial charge on any atom is 0.227 e. The van der Waals surface area contributed by atoms with Crippen LogP contribution in [0.2, 0.25) is 0 Å². The minimum Gasteiger partial charge on any atom is -0.361 e. The molecule has 0 bridgehead atoms. The normalized spacial score (nSPS) is 16.0. The minimum absolute atomic E-state index is 0.123. The number of aryl methyl sites for hydroxylation is 2. The topological polar surface area (TPSA) is 49.6 Å². The van der Waals surface area contributed by atoms with Crippen LogP contribution < -0.4 is 0 Å². The lowest BCUT2D eigenvalue weighted by Gasteiger charge is -2.22. The fourth-order valence-corrected chi connectivity index (χ4v) is 3.24. The largest absolute Gasteiger partial charge is 0.361 e. The molecule has 0 saturated carbocycles. The summed E-state index contributed by atoms with van der Waals surface area (Å²) in [5, 5.41) is 3.92. The average Bonchev–Trinajstić information content (AvgIpc) is 2.79. The van der Waals surface area contributed by atoms with Crippen molar-refractivity contribution in [2.24, 2.45) is 0 Å². The van der Waals surface area contributed by atoms with Gasteiger partial charge in [-0.15, -0.1) is 0 Å². The van der Waals surface area contributed by atoms with E-state index in [2.05, 4.69) is 10.1 Å². The van der Waals surface area contributed by atoms with E-state index in [0.717, 1.165) is 55.2 Å². The Bertz CT molecular complexity index is 707. The first-order valence-corrected chi connectivity index (χ1v) is 8.69. The molecule has 6 heteroatoms. The summed E-state index contributed by atoms with van der Waals surface area (Å²) < 4.78 is 18.2. The zero-order chi connectivity index (χ0) is 17.8. The quantitative estimate of drug-likeness (QED) is 0.855. The van der Waals surface area contributed by atoms with E-state index in [1.54, 1.807) is 0 Å². The van der Waals surface area contributed by atoms with Gasteiger partial charge < -0.3 is 9.42 Å². The Morgan fingerprint density at radius 3 is 2.60 bits per heavy atom. The zero-order valence-electron chi connectivity index (χ0n) is 14.8. The van der Waals surface area contributed by atoms with Gasteiger partial charge in [-0.25, -0.2) is 4.39 Å². The third-order valence-electron chi connectivity index (χ3n) is 4.77. The lowest BCUT2D eigenvalue weighted by atomic mass is 10.1. The fourth-order valence-electron chi connectivity index (χ4n) is 3.24. The number of carbonyl (C=O) groups excluding carboxylic acids is 1. The van der Waals surface area contributed by atoms with Crippen LogP contribution in [0.25, 0.3) is 0 Å². The lowest BCUT2D eigenvalue weighted by Crippen LogP contribution is -2.36. The van der Waals surface area contributed by atoms with Crippen molar-refractivity contribution in [2.45, 2.75) is 33.2 Å². The van der Waals surface area contributed by atoms with Crippen molar-refractivity contribution >= 4 is 5.91 Å². The number of rotatable bonds is 4. The van der Waals surface area contributed by atoms with Crippen LogP contribution in [0.3, 0.4) is 0 Å². The van der Waals surface area contributed by atoms with Crippen LogP contribution in [0.15, 0.2) is 28.8 Å². The van der Waals surface area contributed by atoms with E-state index in [4.69, 9.17) is 4.52 Å². The predicted molar refractivity (Wildman–Crippen MR) is 92.6 cm³/mol.